The van der Waals surface area contributed by atoms with Crippen LogP contribution in [0.15, 0.2) is 42.5 Å². The third-order valence-electron chi connectivity index (χ3n) is 5.54. The van der Waals surface area contributed by atoms with Crippen LogP contribution >= 0.6 is 0 Å². The molecular formula is C23H24N2O5S. The molecule has 8 heteroatoms. The van der Waals surface area contributed by atoms with Gasteiger partial charge in [0.2, 0.25) is 0 Å². The molecule has 2 aromatic carbocycles. The Labute approximate surface area is 182 Å². The zero-order chi connectivity index (χ0) is 21.8. The lowest BCUT2D eigenvalue weighted by atomic mass is 10.0. The van der Waals surface area contributed by atoms with E-state index in [4.69, 9.17) is 14.7 Å². The van der Waals surface area contributed by atoms with Crippen LogP contribution in [0.5, 0.6) is 11.5 Å². The lowest BCUT2D eigenvalue weighted by Gasteiger charge is -2.26. The fourth-order valence-electron chi connectivity index (χ4n) is 4.06. The molecule has 0 aromatic heterocycles. The molecule has 7 nitrogen and oxygen atoms in total. The van der Waals surface area contributed by atoms with Crippen molar-refractivity contribution in [3.05, 3.63) is 59.2 Å². The number of carbonyl (C=O) groups excluding carboxylic acids is 1. The van der Waals surface area contributed by atoms with E-state index in [1.807, 2.05) is 23.1 Å². The van der Waals surface area contributed by atoms with Crippen LogP contribution < -0.4 is 9.47 Å². The molecule has 2 heterocycles. The molecule has 31 heavy (non-hydrogen) atoms. The Balaban J connectivity index is 1.51. The van der Waals surface area contributed by atoms with Gasteiger partial charge >= 0.3 is 0 Å². The van der Waals surface area contributed by atoms with Gasteiger partial charge in [-0.2, -0.15) is 5.26 Å². The molecule has 1 unspecified atom stereocenters. The van der Waals surface area contributed by atoms with Gasteiger partial charge in [0.15, 0.2) is 21.3 Å². The molecule has 1 fully saturated rings. The van der Waals surface area contributed by atoms with E-state index in [2.05, 4.69) is 0 Å². The van der Waals surface area contributed by atoms with Gasteiger partial charge in [0, 0.05) is 18.5 Å². The Morgan fingerprint density at radius 1 is 1.06 bits per heavy atom. The maximum atomic E-state index is 13.2. The van der Waals surface area contributed by atoms with Crippen LogP contribution in [0.1, 0.15) is 46.8 Å². The smallest absolute Gasteiger partial charge is 0.254 e. The van der Waals surface area contributed by atoms with Gasteiger partial charge in [-0.05, 0) is 48.2 Å². The van der Waals surface area contributed by atoms with E-state index in [9.17, 15) is 13.2 Å². The number of amides is 1. The standard InChI is InChI=1S/C23H24N2O5S/c24-10-14-31(27,28)16-17-4-6-18(7-5-17)23(26)25-11-1-3-20(25)19-8-9-21-22(15-19)30-13-2-12-29-21/h4-9,15,20H,1-3,11-14,16H2. The van der Waals surface area contributed by atoms with Gasteiger partial charge in [0.25, 0.3) is 5.91 Å². The molecule has 1 atom stereocenters. The fraction of sp³-hybridized carbons (Fsp3) is 0.391. The number of nitrogens with zero attached hydrogens (tertiary/aromatic N) is 2. The van der Waals surface area contributed by atoms with Crippen LogP contribution in [0.4, 0.5) is 0 Å². The summed E-state index contributed by atoms with van der Waals surface area (Å²) in [5, 5.41) is 8.62. The molecule has 1 saturated heterocycles. The number of ether oxygens (including phenoxy) is 2. The summed E-state index contributed by atoms with van der Waals surface area (Å²) >= 11 is 0. The van der Waals surface area contributed by atoms with Crippen LogP contribution in [-0.4, -0.2) is 44.7 Å². The average molecular weight is 441 g/mol. The minimum Gasteiger partial charge on any atom is -0.490 e. The molecule has 0 N–H and O–H groups in total. The molecule has 2 aliphatic heterocycles. The average Bonchev–Trinajstić information content (AvgIpc) is 3.12. The molecule has 0 radical (unpaired) electrons. The van der Waals surface area contributed by atoms with Gasteiger partial charge in [0.05, 0.1) is 31.1 Å². The second-order valence-corrected chi connectivity index (χ2v) is 9.86. The Hall–Kier alpha value is -3.05. The molecule has 4 rings (SSSR count). The van der Waals surface area contributed by atoms with Crippen molar-refractivity contribution in [2.75, 3.05) is 25.5 Å². The molecule has 0 spiro atoms. The van der Waals surface area contributed by atoms with E-state index in [-0.39, 0.29) is 17.7 Å². The predicted molar refractivity (Wildman–Crippen MR) is 115 cm³/mol. The number of benzene rings is 2. The predicted octanol–water partition coefficient (Wildman–Crippen LogP) is 3.26. The van der Waals surface area contributed by atoms with E-state index < -0.39 is 15.6 Å². The Bertz CT molecular complexity index is 1110. The van der Waals surface area contributed by atoms with Crippen molar-refractivity contribution in [2.24, 2.45) is 0 Å². The third kappa shape index (κ3) is 4.83. The number of likely N-dealkylation sites (tertiary alicyclic amines) is 1. The highest BCUT2D eigenvalue weighted by atomic mass is 32.2. The van der Waals surface area contributed by atoms with Crippen LogP contribution in [-0.2, 0) is 15.6 Å². The topological polar surface area (TPSA) is 96.7 Å². The second kappa shape index (κ2) is 8.98. The highest BCUT2D eigenvalue weighted by molar-refractivity contribution is 7.90. The zero-order valence-electron chi connectivity index (χ0n) is 17.1. The second-order valence-electron chi connectivity index (χ2n) is 7.80. The number of sulfone groups is 1. The van der Waals surface area contributed by atoms with Gasteiger partial charge < -0.3 is 14.4 Å². The Kier molecular flexibility index (Phi) is 6.14. The molecule has 0 saturated carbocycles. The lowest BCUT2D eigenvalue weighted by Crippen LogP contribution is -2.30. The highest BCUT2D eigenvalue weighted by Crippen LogP contribution is 2.38. The van der Waals surface area contributed by atoms with Gasteiger partial charge in [-0.15, -0.1) is 0 Å². The van der Waals surface area contributed by atoms with Crippen molar-refractivity contribution in [3.8, 4) is 17.6 Å². The minimum atomic E-state index is -3.47. The first-order valence-corrected chi connectivity index (χ1v) is 12.2. The first kappa shape index (κ1) is 21.2. The van der Waals surface area contributed by atoms with E-state index in [0.717, 1.165) is 36.3 Å². The maximum Gasteiger partial charge on any atom is 0.254 e. The van der Waals surface area contributed by atoms with Crippen molar-refractivity contribution < 1.29 is 22.7 Å². The normalized spacial score (nSPS) is 18.3. The van der Waals surface area contributed by atoms with Gasteiger partial charge in [-0.25, -0.2) is 8.42 Å². The zero-order valence-corrected chi connectivity index (χ0v) is 17.9. The SMILES string of the molecule is N#CCS(=O)(=O)Cc1ccc(C(=O)N2CCCC2c2ccc3c(c2)OCCCO3)cc1. The first-order chi connectivity index (χ1) is 15.0. The van der Waals surface area contributed by atoms with Crippen molar-refractivity contribution in [1.29, 1.82) is 5.26 Å². The molecule has 162 valence electrons. The number of nitriles is 1. The number of carbonyl (C=O) groups is 1. The van der Waals surface area contributed by atoms with Crippen molar-refractivity contribution >= 4 is 15.7 Å². The maximum absolute atomic E-state index is 13.2. The number of hydrogen-bond donors (Lipinski definition) is 0. The summed E-state index contributed by atoms with van der Waals surface area (Å²) in [5.74, 6) is 0.648. The molecule has 1 amide bonds. The van der Waals surface area contributed by atoms with Crippen molar-refractivity contribution in [2.45, 2.75) is 31.1 Å². The largest absolute Gasteiger partial charge is 0.490 e. The summed E-state index contributed by atoms with van der Waals surface area (Å²) in [7, 11) is -3.47. The molecule has 2 aromatic rings. The van der Waals surface area contributed by atoms with E-state index in [0.29, 0.717) is 30.9 Å². The third-order valence-corrected chi connectivity index (χ3v) is 6.88. The number of rotatable bonds is 5. The van der Waals surface area contributed by atoms with E-state index >= 15 is 0 Å². The number of fused-ring (bicyclic) bond motifs is 1. The summed E-state index contributed by atoms with van der Waals surface area (Å²) in [4.78, 5) is 15.0. The van der Waals surface area contributed by atoms with Crippen LogP contribution in [0.25, 0.3) is 0 Å². The quantitative estimate of drug-likeness (QED) is 0.708. The Morgan fingerprint density at radius 2 is 1.81 bits per heavy atom. The minimum absolute atomic E-state index is 0.0414. The highest BCUT2D eigenvalue weighted by Gasteiger charge is 2.31. The molecule has 0 bridgehead atoms. The van der Waals surface area contributed by atoms with Crippen molar-refractivity contribution in [3.63, 3.8) is 0 Å². The fourth-order valence-corrected chi connectivity index (χ4v) is 5.06. The lowest BCUT2D eigenvalue weighted by molar-refractivity contribution is 0.0735. The van der Waals surface area contributed by atoms with E-state index in [1.54, 1.807) is 30.3 Å². The Morgan fingerprint density at radius 3 is 2.55 bits per heavy atom. The summed E-state index contributed by atoms with van der Waals surface area (Å²) < 4.78 is 35.2. The molecule has 0 aliphatic carbocycles. The van der Waals surface area contributed by atoms with Crippen LogP contribution in [0, 0.1) is 11.3 Å². The molecule has 2 aliphatic rings. The monoisotopic (exact) mass is 440 g/mol. The van der Waals surface area contributed by atoms with Gasteiger partial charge in [-0.3, -0.25) is 4.79 Å². The summed E-state index contributed by atoms with van der Waals surface area (Å²) in [6.45, 7) is 1.91. The van der Waals surface area contributed by atoms with Gasteiger partial charge in [-0.1, -0.05) is 18.2 Å². The van der Waals surface area contributed by atoms with Gasteiger partial charge in [0.1, 0.15) is 5.75 Å². The summed E-state index contributed by atoms with van der Waals surface area (Å²) in [6, 6.07) is 14.1. The summed E-state index contributed by atoms with van der Waals surface area (Å²) in [6.07, 6.45) is 2.62. The molecular weight excluding hydrogens is 416 g/mol. The summed E-state index contributed by atoms with van der Waals surface area (Å²) in [5.41, 5.74) is 2.10. The first-order valence-electron chi connectivity index (χ1n) is 10.3. The van der Waals surface area contributed by atoms with Crippen molar-refractivity contribution in [1.82, 2.24) is 4.90 Å². The van der Waals surface area contributed by atoms with Crippen LogP contribution in [0.2, 0.25) is 0 Å². The van der Waals surface area contributed by atoms with E-state index in [1.165, 1.54) is 0 Å². The van der Waals surface area contributed by atoms with Crippen LogP contribution in [0.3, 0.4) is 0 Å². The number of hydrogen-bond acceptors (Lipinski definition) is 6.